The highest BCUT2D eigenvalue weighted by molar-refractivity contribution is 5.57. The number of rotatable bonds is 7. The van der Waals surface area contributed by atoms with E-state index < -0.39 is 35.8 Å². The number of hydrogen-bond acceptors (Lipinski definition) is 7. The minimum atomic E-state index is -4.57. The maximum Gasteiger partial charge on any atom is 0.433 e. The Kier molecular flexibility index (Phi) is 6.67. The van der Waals surface area contributed by atoms with Crippen LogP contribution in [0.1, 0.15) is 37.9 Å². The first-order chi connectivity index (χ1) is 18.6. The average molecular weight is 571 g/mol. The number of hydrogen-bond donors (Lipinski definition) is 2. The van der Waals surface area contributed by atoms with Gasteiger partial charge in [0, 0.05) is 48.4 Å². The van der Waals surface area contributed by atoms with Crippen molar-refractivity contribution in [2.45, 2.75) is 50.2 Å². The number of fused-ring (bicyclic) bond motifs is 3. The van der Waals surface area contributed by atoms with Crippen LogP contribution in [0.15, 0.2) is 43.1 Å². The van der Waals surface area contributed by atoms with Gasteiger partial charge in [-0.15, -0.1) is 11.7 Å². The minimum absolute atomic E-state index is 0.0763. The first-order valence-electron chi connectivity index (χ1n) is 12.6. The van der Waals surface area contributed by atoms with Crippen LogP contribution in [0.5, 0.6) is 5.88 Å². The molecule has 14 heteroatoms. The van der Waals surface area contributed by atoms with Crippen LogP contribution >= 0.6 is 0 Å². The van der Waals surface area contributed by atoms with Crippen LogP contribution in [0, 0.1) is 11.8 Å². The van der Waals surface area contributed by atoms with E-state index in [4.69, 9.17) is 4.74 Å². The molecule has 5 rings (SSSR count). The Hall–Kier alpha value is -3.55. The Balaban J connectivity index is 1.46. The molecular weight excluding hydrogens is 542 g/mol. The number of piperidine rings is 1. The van der Waals surface area contributed by atoms with Gasteiger partial charge in [-0.1, -0.05) is 6.08 Å². The first kappa shape index (κ1) is 28.0. The Labute approximate surface area is 225 Å². The number of pyridine rings is 2. The maximum absolute atomic E-state index is 13.2. The third-order valence-corrected chi connectivity index (χ3v) is 7.65. The molecule has 1 saturated carbocycles. The van der Waals surface area contributed by atoms with Gasteiger partial charge in [0.1, 0.15) is 5.69 Å². The normalized spacial score (nSPS) is 23.5. The van der Waals surface area contributed by atoms with E-state index in [2.05, 4.69) is 27.0 Å². The van der Waals surface area contributed by atoms with Crippen LogP contribution in [0.3, 0.4) is 0 Å². The molecule has 4 heterocycles. The number of anilines is 2. The largest absolute Gasteiger partial charge is 0.468 e. The zero-order valence-corrected chi connectivity index (χ0v) is 21.7. The lowest BCUT2D eigenvalue weighted by Crippen LogP contribution is -2.57. The van der Waals surface area contributed by atoms with Crippen LogP contribution in [0.4, 0.5) is 38.0 Å². The summed E-state index contributed by atoms with van der Waals surface area (Å²) >= 11 is 0. The molecule has 0 aromatic carbocycles. The minimum Gasteiger partial charge on any atom is -0.468 e. The van der Waals surface area contributed by atoms with Crippen LogP contribution in [-0.2, 0) is 11.8 Å². The Bertz CT molecular complexity index is 1400. The van der Waals surface area contributed by atoms with Crippen molar-refractivity contribution in [1.29, 1.82) is 0 Å². The van der Waals surface area contributed by atoms with Crippen molar-refractivity contribution in [3.05, 3.63) is 54.4 Å². The number of nitrogens with zero attached hydrogens (tertiary/aromatic N) is 5. The quantitative estimate of drug-likeness (QED) is 0.299. The van der Waals surface area contributed by atoms with Gasteiger partial charge in [0.15, 0.2) is 12.3 Å². The summed E-state index contributed by atoms with van der Waals surface area (Å²) in [4.78, 5) is 9.86. The zero-order valence-electron chi connectivity index (χ0n) is 21.7. The van der Waals surface area contributed by atoms with Gasteiger partial charge in [-0.05, 0) is 44.9 Å². The second-order valence-corrected chi connectivity index (χ2v) is 10.8. The number of ether oxygens (including phenoxy) is 1. The lowest BCUT2D eigenvalue weighted by atomic mass is 9.77. The monoisotopic (exact) mass is 570 g/mol. The van der Waals surface area contributed by atoms with E-state index in [0.717, 1.165) is 29.6 Å². The SMILES string of the molecule is C=CC1(Nc2nc3c(C(C)(C)O)ccc(OCC(F)(F)F)n3n2)[C@@H]2CC[C@H]1CN(c1ccnc(C(F)(F)F)c1)C2. The fourth-order valence-electron chi connectivity index (χ4n) is 5.80. The van der Waals surface area contributed by atoms with Crippen molar-refractivity contribution in [2.24, 2.45) is 11.8 Å². The second-order valence-electron chi connectivity index (χ2n) is 10.8. The number of alkyl halides is 6. The molecule has 2 aliphatic rings. The highest BCUT2D eigenvalue weighted by atomic mass is 19.4. The van der Waals surface area contributed by atoms with E-state index in [9.17, 15) is 31.4 Å². The maximum atomic E-state index is 13.2. The van der Waals surface area contributed by atoms with Crippen molar-refractivity contribution in [3.8, 4) is 5.88 Å². The predicted molar refractivity (Wildman–Crippen MR) is 134 cm³/mol. The van der Waals surface area contributed by atoms with Crippen molar-refractivity contribution >= 4 is 17.3 Å². The number of aromatic nitrogens is 4. The molecular formula is C26H28F6N6O2. The van der Waals surface area contributed by atoms with Gasteiger partial charge in [-0.3, -0.25) is 4.98 Å². The Morgan fingerprint density at radius 2 is 1.80 bits per heavy atom. The van der Waals surface area contributed by atoms with Gasteiger partial charge in [0.05, 0.1) is 11.1 Å². The molecule has 0 spiro atoms. The van der Waals surface area contributed by atoms with E-state index in [1.807, 2.05) is 4.90 Å². The molecule has 0 amide bonds. The average Bonchev–Trinajstić information content (AvgIpc) is 3.33. The molecule has 1 aliphatic carbocycles. The van der Waals surface area contributed by atoms with Gasteiger partial charge < -0.3 is 20.1 Å². The fourth-order valence-corrected chi connectivity index (χ4v) is 5.80. The van der Waals surface area contributed by atoms with E-state index in [0.29, 0.717) is 24.3 Å². The molecule has 0 radical (unpaired) electrons. The third-order valence-electron chi connectivity index (χ3n) is 7.65. The molecule has 3 aromatic rings. The van der Waals surface area contributed by atoms with E-state index in [-0.39, 0.29) is 29.3 Å². The standard InChI is InChI=1S/C26H28F6N6O2/c1-4-24(15-5-6-16(24)13-37(12-15)17-9-10-33-19(11-17)26(30,31)32)35-22-34-21-18(23(2,3)39)7-8-20(38(21)36-22)40-14-25(27,28)29/h4,7-11,15-16,39H,1,5-6,12-14H2,2-3H3,(H,35,36)/t15-,16+,24?. The molecule has 2 bridgehead atoms. The number of halogens is 6. The molecule has 2 fully saturated rings. The summed E-state index contributed by atoms with van der Waals surface area (Å²) in [5.41, 5.74) is -2.19. The van der Waals surface area contributed by atoms with E-state index in [1.165, 1.54) is 26.0 Å². The van der Waals surface area contributed by atoms with Crippen molar-refractivity contribution < 1.29 is 36.2 Å². The van der Waals surface area contributed by atoms with Crippen LogP contribution in [-0.4, -0.2) is 56.1 Å². The van der Waals surface area contributed by atoms with Gasteiger partial charge in [0.2, 0.25) is 11.8 Å². The smallest absolute Gasteiger partial charge is 0.433 e. The number of nitrogens with one attached hydrogen (secondary N) is 1. The van der Waals surface area contributed by atoms with Crippen LogP contribution in [0.2, 0.25) is 0 Å². The summed E-state index contributed by atoms with van der Waals surface area (Å²) in [5, 5.41) is 18.4. The van der Waals surface area contributed by atoms with Gasteiger partial charge in [-0.25, -0.2) is 0 Å². The summed E-state index contributed by atoms with van der Waals surface area (Å²) < 4.78 is 84.4. The molecule has 3 aromatic heterocycles. The summed E-state index contributed by atoms with van der Waals surface area (Å²) in [6.45, 7) is 6.39. The summed E-state index contributed by atoms with van der Waals surface area (Å²) in [6.07, 6.45) is -4.70. The van der Waals surface area contributed by atoms with Gasteiger partial charge in [0.25, 0.3) is 0 Å². The molecule has 1 unspecified atom stereocenters. The van der Waals surface area contributed by atoms with Crippen molar-refractivity contribution in [1.82, 2.24) is 19.6 Å². The molecule has 3 atom stereocenters. The van der Waals surface area contributed by atoms with Gasteiger partial charge >= 0.3 is 12.4 Å². The summed E-state index contributed by atoms with van der Waals surface area (Å²) in [5.74, 6) is -0.258. The Morgan fingerprint density at radius 1 is 1.12 bits per heavy atom. The molecule has 40 heavy (non-hydrogen) atoms. The van der Waals surface area contributed by atoms with E-state index >= 15 is 0 Å². The topological polar surface area (TPSA) is 87.8 Å². The third kappa shape index (κ3) is 5.16. The molecule has 8 nitrogen and oxygen atoms in total. The molecule has 2 N–H and O–H groups in total. The van der Waals surface area contributed by atoms with Gasteiger partial charge in [-0.2, -0.15) is 35.8 Å². The molecule has 1 saturated heterocycles. The summed E-state index contributed by atoms with van der Waals surface area (Å²) in [7, 11) is 0. The zero-order chi connectivity index (χ0) is 29.1. The van der Waals surface area contributed by atoms with Crippen LogP contribution in [0.25, 0.3) is 5.65 Å². The fraction of sp³-hybridized carbons (Fsp3) is 0.500. The van der Waals surface area contributed by atoms with Crippen molar-refractivity contribution in [2.75, 3.05) is 29.9 Å². The summed E-state index contributed by atoms with van der Waals surface area (Å²) in [6, 6.07) is 5.32. The first-order valence-corrected chi connectivity index (χ1v) is 12.6. The van der Waals surface area contributed by atoms with E-state index in [1.54, 1.807) is 12.1 Å². The predicted octanol–water partition coefficient (Wildman–Crippen LogP) is 5.19. The highest BCUT2D eigenvalue weighted by Crippen LogP contribution is 2.48. The number of aliphatic hydroxyl groups is 1. The van der Waals surface area contributed by atoms with Crippen molar-refractivity contribution in [3.63, 3.8) is 0 Å². The highest BCUT2D eigenvalue weighted by Gasteiger charge is 2.53. The second kappa shape index (κ2) is 9.53. The molecule has 1 aliphatic heterocycles. The lowest BCUT2D eigenvalue weighted by molar-refractivity contribution is -0.154. The lowest BCUT2D eigenvalue weighted by Gasteiger charge is -2.47. The Morgan fingerprint density at radius 3 is 2.38 bits per heavy atom. The molecule has 216 valence electrons. The van der Waals surface area contributed by atoms with Crippen LogP contribution < -0.4 is 15.0 Å².